The van der Waals surface area contributed by atoms with Crippen LogP contribution in [0.1, 0.15) is 18.4 Å². The molecule has 0 amide bonds. The molecule has 1 aromatic carbocycles. The highest BCUT2D eigenvalue weighted by Gasteiger charge is 2.44. The maximum Gasteiger partial charge on any atom is 0.124 e. The minimum absolute atomic E-state index is 0.0967. The molecule has 2 N–H and O–H groups in total. The minimum atomic E-state index is -0.309. The van der Waals surface area contributed by atoms with E-state index in [1.54, 1.807) is 6.07 Å². The average molecular weight is 216 g/mol. The highest BCUT2D eigenvalue weighted by molar-refractivity contribution is 6.30. The lowest BCUT2D eigenvalue weighted by atomic mass is 9.97. The van der Waals surface area contributed by atoms with Crippen LogP contribution in [-0.2, 0) is 10.3 Å². The normalized spacial score (nSPS) is 18.2. The Morgan fingerprint density at radius 1 is 1.43 bits per heavy atom. The van der Waals surface area contributed by atoms with Crippen LogP contribution in [-0.4, -0.2) is 6.61 Å². The van der Waals surface area contributed by atoms with Crippen LogP contribution in [0.4, 0.5) is 4.39 Å². The maximum atomic E-state index is 13.1. The lowest BCUT2D eigenvalue weighted by Crippen LogP contribution is -2.18. The van der Waals surface area contributed by atoms with Gasteiger partial charge in [0.15, 0.2) is 0 Å². The minimum Gasteiger partial charge on any atom is -0.304 e. The zero-order chi connectivity index (χ0) is 10.2. The third kappa shape index (κ3) is 1.75. The molecular weight excluding hydrogens is 205 g/mol. The van der Waals surface area contributed by atoms with Gasteiger partial charge in [-0.15, -0.1) is 0 Å². The van der Waals surface area contributed by atoms with Gasteiger partial charge in [-0.3, -0.25) is 0 Å². The van der Waals surface area contributed by atoms with Crippen LogP contribution in [0.2, 0.25) is 5.02 Å². The van der Waals surface area contributed by atoms with Gasteiger partial charge in [0.1, 0.15) is 5.82 Å². The lowest BCUT2D eigenvalue weighted by Gasteiger charge is -2.14. The summed E-state index contributed by atoms with van der Waals surface area (Å²) in [6.45, 7) is 0.423. The third-order valence-corrected chi connectivity index (χ3v) is 2.91. The number of hydrogen-bond donors (Lipinski definition) is 1. The molecule has 0 bridgehead atoms. The molecule has 1 aliphatic rings. The van der Waals surface area contributed by atoms with E-state index in [0.717, 1.165) is 18.4 Å². The van der Waals surface area contributed by atoms with Crippen LogP contribution in [0.15, 0.2) is 18.2 Å². The molecule has 0 aliphatic heterocycles. The molecule has 0 spiro atoms. The Labute approximate surface area is 86.8 Å². The van der Waals surface area contributed by atoms with E-state index in [1.165, 1.54) is 12.1 Å². The molecule has 4 heteroatoms. The van der Waals surface area contributed by atoms with Crippen LogP contribution in [0.5, 0.6) is 0 Å². The van der Waals surface area contributed by atoms with Gasteiger partial charge in [-0.2, -0.15) is 0 Å². The van der Waals surface area contributed by atoms with Crippen molar-refractivity contribution in [2.75, 3.05) is 6.61 Å². The summed E-state index contributed by atoms with van der Waals surface area (Å²) >= 11 is 5.77. The highest BCUT2D eigenvalue weighted by atomic mass is 35.5. The molecule has 76 valence electrons. The molecule has 2 rings (SSSR count). The van der Waals surface area contributed by atoms with E-state index in [9.17, 15) is 4.39 Å². The first-order valence-corrected chi connectivity index (χ1v) is 4.82. The number of rotatable bonds is 3. The Balaban J connectivity index is 2.32. The van der Waals surface area contributed by atoms with Gasteiger partial charge >= 0.3 is 0 Å². The van der Waals surface area contributed by atoms with Crippen LogP contribution < -0.4 is 5.90 Å². The average Bonchev–Trinajstić information content (AvgIpc) is 2.84. The monoisotopic (exact) mass is 215 g/mol. The molecule has 14 heavy (non-hydrogen) atoms. The molecule has 0 radical (unpaired) electrons. The summed E-state index contributed by atoms with van der Waals surface area (Å²) in [6.07, 6.45) is 1.95. The predicted molar refractivity (Wildman–Crippen MR) is 52.5 cm³/mol. The maximum absolute atomic E-state index is 13.1. The molecule has 0 saturated heterocycles. The molecule has 0 aromatic heterocycles. The van der Waals surface area contributed by atoms with Gasteiger partial charge in [0, 0.05) is 10.4 Å². The summed E-state index contributed by atoms with van der Waals surface area (Å²) < 4.78 is 13.1. The van der Waals surface area contributed by atoms with E-state index in [2.05, 4.69) is 4.84 Å². The first-order valence-electron chi connectivity index (χ1n) is 4.45. The summed E-state index contributed by atoms with van der Waals surface area (Å²) in [4.78, 5) is 4.64. The molecular formula is C10H11ClFNO. The van der Waals surface area contributed by atoms with E-state index >= 15 is 0 Å². The number of halogens is 2. The fourth-order valence-electron chi connectivity index (χ4n) is 1.69. The summed E-state index contributed by atoms with van der Waals surface area (Å²) in [7, 11) is 0. The van der Waals surface area contributed by atoms with Gasteiger partial charge < -0.3 is 4.84 Å². The third-order valence-electron chi connectivity index (χ3n) is 2.69. The zero-order valence-electron chi connectivity index (χ0n) is 7.59. The molecule has 1 saturated carbocycles. The fourth-order valence-corrected chi connectivity index (χ4v) is 1.91. The molecule has 2 nitrogen and oxygen atoms in total. The van der Waals surface area contributed by atoms with Crippen molar-refractivity contribution in [3.05, 3.63) is 34.6 Å². The van der Waals surface area contributed by atoms with Crippen molar-refractivity contribution in [2.45, 2.75) is 18.3 Å². The van der Waals surface area contributed by atoms with Crippen molar-refractivity contribution >= 4 is 11.6 Å². The van der Waals surface area contributed by atoms with Gasteiger partial charge in [0.2, 0.25) is 0 Å². The van der Waals surface area contributed by atoms with Gasteiger partial charge in [-0.1, -0.05) is 11.6 Å². The topological polar surface area (TPSA) is 35.2 Å². The second-order valence-corrected chi connectivity index (χ2v) is 4.19. The lowest BCUT2D eigenvalue weighted by molar-refractivity contribution is 0.116. The van der Waals surface area contributed by atoms with Crippen LogP contribution >= 0.6 is 11.6 Å². The van der Waals surface area contributed by atoms with E-state index < -0.39 is 0 Å². The molecule has 1 aromatic rings. The summed E-state index contributed by atoms with van der Waals surface area (Å²) in [6, 6.07) is 4.57. The Kier molecular flexibility index (Phi) is 2.47. The van der Waals surface area contributed by atoms with E-state index in [4.69, 9.17) is 17.5 Å². The quantitative estimate of drug-likeness (QED) is 0.786. The Bertz CT molecular complexity index is 332. The van der Waals surface area contributed by atoms with Gasteiger partial charge in [0.05, 0.1) is 6.61 Å². The van der Waals surface area contributed by atoms with Crippen molar-refractivity contribution in [1.82, 2.24) is 0 Å². The van der Waals surface area contributed by atoms with Crippen LogP contribution in [0.3, 0.4) is 0 Å². The van der Waals surface area contributed by atoms with Crippen molar-refractivity contribution in [2.24, 2.45) is 5.90 Å². The molecule has 0 heterocycles. The Hall–Kier alpha value is -0.640. The largest absolute Gasteiger partial charge is 0.304 e. The SMILES string of the molecule is NOCC1(c2cc(F)cc(Cl)c2)CC1. The molecule has 0 atom stereocenters. The summed E-state index contributed by atoms with van der Waals surface area (Å²) in [5.41, 5.74) is 0.786. The molecule has 1 aliphatic carbocycles. The summed E-state index contributed by atoms with van der Waals surface area (Å²) in [5.74, 6) is 4.73. The van der Waals surface area contributed by atoms with Crippen molar-refractivity contribution < 1.29 is 9.23 Å². The summed E-state index contributed by atoms with van der Waals surface area (Å²) in [5, 5.41) is 0.420. The Morgan fingerprint density at radius 2 is 2.14 bits per heavy atom. The smallest absolute Gasteiger partial charge is 0.124 e. The van der Waals surface area contributed by atoms with Gasteiger partial charge in [0.25, 0.3) is 0 Å². The fraction of sp³-hybridized carbons (Fsp3) is 0.400. The number of benzene rings is 1. The standard InChI is InChI=1S/C10H11ClFNO/c11-8-3-7(4-9(12)5-8)10(1-2-10)6-14-13/h3-5H,1-2,6,13H2. The van der Waals surface area contributed by atoms with E-state index in [0.29, 0.717) is 11.6 Å². The van der Waals surface area contributed by atoms with Crippen molar-refractivity contribution in [1.29, 1.82) is 0 Å². The Morgan fingerprint density at radius 3 is 2.64 bits per heavy atom. The van der Waals surface area contributed by atoms with Gasteiger partial charge in [-0.25, -0.2) is 10.3 Å². The number of nitrogens with two attached hydrogens (primary N) is 1. The van der Waals surface area contributed by atoms with Crippen LogP contribution in [0.25, 0.3) is 0 Å². The second kappa shape index (κ2) is 3.50. The van der Waals surface area contributed by atoms with E-state index in [-0.39, 0.29) is 11.2 Å². The predicted octanol–water partition coefficient (Wildman–Crippen LogP) is 2.40. The van der Waals surface area contributed by atoms with Crippen LogP contribution in [0, 0.1) is 5.82 Å². The van der Waals surface area contributed by atoms with Gasteiger partial charge in [-0.05, 0) is 36.6 Å². The van der Waals surface area contributed by atoms with Crippen molar-refractivity contribution in [3.8, 4) is 0 Å². The number of hydrogen-bond acceptors (Lipinski definition) is 2. The zero-order valence-corrected chi connectivity index (χ0v) is 8.35. The molecule has 1 fully saturated rings. The molecule has 0 unspecified atom stereocenters. The highest BCUT2D eigenvalue weighted by Crippen LogP contribution is 2.48. The first kappa shape index (κ1) is 9.90. The first-order chi connectivity index (χ1) is 6.66. The van der Waals surface area contributed by atoms with E-state index in [1.807, 2.05) is 0 Å². The second-order valence-electron chi connectivity index (χ2n) is 3.75. The van der Waals surface area contributed by atoms with Crippen molar-refractivity contribution in [3.63, 3.8) is 0 Å².